The summed E-state index contributed by atoms with van der Waals surface area (Å²) in [6.45, 7) is 9.09. The molecule has 0 saturated carbocycles. The number of halogens is 3. The first-order valence-electron chi connectivity index (χ1n) is 8.15. The van der Waals surface area contributed by atoms with Crippen LogP contribution in [0.15, 0.2) is 12.1 Å². The average Bonchev–Trinajstić information content (AvgIpc) is 2.71. The van der Waals surface area contributed by atoms with Crippen LogP contribution < -0.4 is 0 Å². The topological polar surface area (TPSA) is 44.8 Å². The van der Waals surface area contributed by atoms with E-state index in [4.69, 9.17) is 25.6 Å². The van der Waals surface area contributed by atoms with Gasteiger partial charge in [0.05, 0.1) is 29.3 Å². The lowest BCUT2D eigenvalue weighted by atomic mass is 9.66. The third kappa shape index (κ3) is 3.99. The van der Waals surface area contributed by atoms with Crippen molar-refractivity contribution in [1.29, 1.82) is 0 Å². The molecule has 0 aromatic heterocycles. The summed E-state index contributed by atoms with van der Waals surface area (Å²) in [5, 5.41) is -0.234. The summed E-state index contributed by atoms with van der Waals surface area (Å²) in [4.78, 5) is 12.0. The first-order valence-corrected chi connectivity index (χ1v) is 8.52. The summed E-state index contributed by atoms with van der Waals surface area (Å²) < 4.78 is 45.7. The highest BCUT2D eigenvalue weighted by Gasteiger charge is 2.55. The maximum Gasteiger partial charge on any atom is 0.466 e. The highest BCUT2D eigenvalue weighted by molar-refractivity contribution is 6.48. The Balaban J connectivity index is 2.46. The summed E-state index contributed by atoms with van der Waals surface area (Å²) in [7, 11) is -1.02. The van der Waals surface area contributed by atoms with E-state index in [-0.39, 0.29) is 23.6 Å². The van der Waals surface area contributed by atoms with Crippen LogP contribution in [-0.2, 0) is 18.8 Å². The Morgan fingerprint density at radius 3 is 2.32 bits per heavy atom. The molecule has 1 fully saturated rings. The molecule has 1 saturated heterocycles. The zero-order valence-corrected chi connectivity index (χ0v) is 15.7. The SMILES string of the molecule is CCOC(=O)CC(B1OC(C)(C)C(C)(C)O1)c1c(F)ccc(Cl)c1F. The molecule has 4 nitrogen and oxygen atoms in total. The molecule has 0 aliphatic carbocycles. The van der Waals surface area contributed by atoms with E-state index in [1.54, 1.807) is 6.92 Å². The summed E-state index contributed by atoms with van der Waals surface area (Å²) in [5.74, 6) is -3.36. The molecular formula is C17H22BClF2O4. The van der Waals surface area contributed by atoms with Gasteiger partial charge < -0.3 is 14.0 Å². The summed E-state index contributed by atoms with van der Waals surface area (Å²) in [6, 6.07) is 2.19. The van der Waals surface area contributed by atoms with Crippen molar-refractivity contribution in [2.45, 2.75) is 58.1 Å². The summed E-state index contributed by atoms with van der Waals surface area (Å²) in [6.07, 6.45) is -0.293. The second-order valence-electron chi connectivity index (χ2n) is 7.00. The number of carbonyl (C=O) groups is 1. The highest BCUT2D eigenvalue weighted by atomic mass is 35.5. The molecule has 0 amide bonds. The van der Waals surface area contributed by atoms with Gasteiger partial charge in [0.2, 0.25) is 0 Å². The van der Waals surface area contributed by atoms with Crippen LogP contribution in [0, 0.1) is 11.6 Å². The smallest absolute Gasteiger partial charge is 0.466 e. The molecule has 0 radical (unpaired) electrons. The lowest BCUT2D eigenvalue weighted by Gasteiger charge is -2.32. The fourth-order valence-electron chi connectivity index (χ4n) is 2.67. The number of benzene rings is 1. The van der Waals surface area contributed by atoms with Gasteiger partial charge in [0, 0.05) is 11.4 Å². The predicted octanol–water partition coefficient (Wildman–Crippen LogP) is 4.29. The Morgan fingerprint density at radius 1 is 1.24 bits per heavy atom. The van der Waals surface area contributed by atoms with Crippen molar-refractivity contribution >= 4 is 24.7 Å². The molecule has 1 aromatic carbocycles. The number of ether oxygens (including phenoxy) is 1. The highest BCUT2D eigenvalue weighted by Crippen LogP contribution is 2.43. The maximum atomic E-state index is 14.6. The zero-order valence-electron chi connectivity index (χ0n) is 15.0. The molecular weight excluding hydrogens is 352 g/mol. The van der Waals surface area contributed by atoms with Gasteiger partial charge in [-0.05, 0) is 46.8 Å². The van der Waals surface area contributed by atoms with Gasteiger partial charge in [0.15, 0.2) is 0 Å². The molecule has 1 heterocycles. The minimum atomic E-state index is -1.03. The molecule has 0 N–H and O–H groups in total. The van der Waals surface area contributed by atoms with Crippen LogP contribution >= 0.6 is 11.6 Å². The van der Waals surface area contributed by atoms with Gasteiger partial charge >= 0.3 is 13.1 Å². The molecule has 8 heteroatoms. The van der Waals surface area contributed by atoms with Crippen LogP contribution in [0.25, 0.3) is 0 Å². The van der Waals surface area contributed by atoms with E-state index in [1.165, 1.54) is 0 Å². The van der Waals surface area contributed by atoms with Crippen LogP contribution in [0.2, 0.25) is 5.02 Å². The van der Waals surface area contributed by atoms with Crippen LogP contribution in [0.1, 0.15) is 52.4 Å². The fourth-order valence-corrected chi connectivity index (χ4v) is 2.83. The molecule has 1 aliphatic heterocycles. The minimum Gasteiger partial charge on any atom is -0.466 e. The van der Waals surface area contributed by atoms with Crippen molar-refractivity contribution < 1.29 is 27.6 Å². The molecule has 0 spiro atoms. The third-order valence-electron chi connectivity index (χ3n) is 4.74. The fraction of sp³-hybridized carbons (Fsp3) is 0.588. The van der Waals surface area contributed by atoms with Gasteiger partial charge in [-0.3, -0.25) is 4.79 Å². The minimum absolute atomic E-state index is 0.162. The average molecular weight is 375 g/mol. The van der Waals surface area contributed by atoms with Gasteiger partial charge in [-0.2, -0.15) is 0 Å². The largest absolute Gasteiger partial charge is 0.466 e. The van der Waals surface area contributed by atoms with E-state index >= 15 is 0 Å². The third-order valence-corrected chi connectivity index (χ3v) is 5.03. The van der Waals surface area contributed by atoms with Crippen molar-refractivity contribution in [2.24, 2.45) is 0 Å². The van der Waals surface area contributed by atoms with Gasteiger partial charge in [-0.15, -0.1) is 0 Å². The van der Waals surface area contributed by atoms with E-state index in [0.717, 1.165) is 12.1 Å². The Morgan fingerprint density at radius 2 is 1.80 bits per heavy atom. The number of rotatable bonds is 5. The monoisotopic (exact) mass is 374 g/mol. The quantitative estimate of drug-likeness (QED) is 0.438. The van der Waals surface area contributed by atoms with Crippen LogP contribution in [0.5, 0.6) is 0 Å². The number of hydrogen-bond donors (Lipinski definition) is 0. The predicted molar refractivity (Wildman–Crippen MR) is 91.4 cm³/mol. The second-order valence-corrected chi connectivity index (χ2v) is 7.40. The van der Waals surface area contributed by atoms with E-state index < -0.39 is 41.7 Å². The maximum absolute atomic E-state index is 14.6. The van der Waals surface area contributed by atoms with E-state index in [1.807, 2.05) is 27.7 Å². The van der Waals surface area contributed by atoms with E-state index in [2.05, 4.69) is 0 Å². The summed E-state index contributed by atoms with van der Waals surface area (Å²) in [5.41, 5.74) is -1.76. The standard InChI is InChI=1S/C17H22BClF2O4/c1-6-23-13(22)9-10(14-12(20)8-7-11(19)15(14)21)18-24-16(2,3)17(4,5)25-18/h7-8,10H,6,9H2,1-5H3. The molecule has 1 unspecified atom stereocenters. The van der Waals surface area contributed by atoms with Gasteiger partial charge in [0.1, 0.15) is 11.6 Å². The number of esters is 1. The first-order chi connectivity index (χ1) is 11.5. The Labute approximate surface area is 151 Å². The van der Waals surface area contributed by atoms with E-state index in [0.29, 0.717) is 0 Å². The molecule has 1 atom stereocenters. The van der Waals surface area contributed by atoms with Crippen molar-refractivity contribution in [3.8, 4) is 0 Å². The van der Waals surface area contributed by atoms with Crippen LogP contribution in [0.3, 0.4) is 0 Å². The Hall–Kier alpha value is -1.18. The van der Waals surface area contributed by atoms with Crippen molar-refractivity contribution in [1.82, 2.24) is 0 Å². The molecule has 2 rings (SSSR count). The molecule has 1 aromatic rings. The van der Waals surface area contributed by atoms with Crippen molar-refractivity contribution in [3.05, 3.63) is 34.4 Å². The van der Waals surface area contributed by atoms with Crippen molar-refractivity contribution in [3.63, 3.8) is 0 Å². The van der Waals surface area contributed by atoms with Gasteiger partial charge in [-0.25, -0.2) is 8.78 Å². The molecule has 1 aliphatic rings. The molecule has 25 heavy (non-hydrogen) atoms. The van der Waals surface area contributed by atoms with Crippen LogP contribution in [-0.4, -0.2) is 30.9 Å². The lowest BCUT2D eigenvalue weighted by Crippen LogP contribution is -2.41. The Bertz CT molecular complexity index is 650. The lowest BCUT2D eigenvalue weighted by molar-refractivity contribution is -0.143. The number of carbonyl (C=O) groups excluding carboxylic acids is 1. The normalized spacial score (nSPS) is 19.8. The van der Waals surface area contributed by atoms with E-state index in [9.17, 15) is 13.6 Å². The molecule has 138 valence electrons. The van der Waals surface area contributed by atoms with Crippen LogP contribution in [0.4, 0.5) is 8.78 Å². The molecule has 0 bridgehead atoms. The Kier molecular flexibility index (Phi) is 5.81. The van der Waals surface area contributed by atoms with Crippen molar-refractivity contribution in [2.75, 3.05) is 6.61 Å². The number of hydrogen-bond acceptors (Lipinski definition) is 4. The summed E-state index contributed by atoms with van der Waals surface area (Å²) >= 11 is 5.81. The first kappa shape index (κ1) is 20.1. The van der Waals surface area contributed by atoms with Gasteiger partial charge in [-0.1, -0.05) is 11.6 Å². The zero-order chi connectivity index (χ0) is 19.0. The van der Waals surface area contributed by atoms with Gasteiger partial charge in [0.25, 0.3) is 0 Å². The second kappa shape index (κ2) is 7.21.